The lowest BCUT2D eigenvalue weighted by Crippen LogP contribution is -2.52. The maximum atomic E-state index is 9.69. The molecule has 0 radical (unpaired) electrons. The topological polar surface area (TPSA) is 64.2 Å². The first-order chi connectivity index (χ1) is 10.1. The second kappa shape index (κ2) is 6.07. The minimum absolute atomic E-state index is 0.326. The van der Waals surface area contributed by atoms with Crippen molar-refractivity contribution < 1.29 is 5.11 Å². The summed E-state index contributed by atoms with van der Waals surface area (Å²) < 4.78 is 0. The molecule has 0 aliphatic carbocycles. The Kier molecular flexibility index (Phi) is 4.33. The van der Waals surface area contributed by atoms with Gasteiger partial charge in [-0.1, -0.05) is 0 Å². The summed E-state index contributed by atoms with van der Waals surface area (Å²) in [6.45, 7) is 9.89. The number of nitrogens with zero attached hydrogens (tertiary/aromatic N) is 2. The van der Waals surface area contributed by atoms with E-state index >= 15 is 0 Å². The summed E-state index contributed by atoms with van der Waals surface area (Å²) in [5.41, 5.74) is 4.05. The molecule has 2 aliphatic heterocycles. The third-order valence-corrected chi connectivity index (χ3v) is 5.79. The fourth-order valence-corrected chi connectivity index (χ4v) is 4.14. The second-order valence-electron chi connectivity index (χ2n) is 6.88. The van der Waals surface area contributed by atoms with Gasteiger partial charge in [0.2, 0.25) is 0 Å². The lowest BCUT2D eigenvalue weighted by molar-refractivity contribution is -0.00590. The summed E-state index contributed by atoms with van der Waals surface area (Å²) in [7, 11) is 0. The number of aliphatic hydroxyl groups is 1. The number of hydrogen-bond acceptors (Lipinski definition) is 4. The van der Waals surface area contributed by atoms with E-state index in [-0.39, 0.29) is 0 Å². The molecular weight excluding hydrogens is 264 g/mol. The predicted octanol–water partition coefficient (Wildman–Crippen LogP) is 1.21. The van der Waals surface area contributed by atoms with Crippen LogP contribution in [0, 0.1) is 25.2 Å². The van der Waals surface area contributed by atoms with Gasteiger partial charge in [0, 0.05) is 36.9 Å². The molecule has 1 aromatic rings. The van der Waals surface area contributed by atoms with Crippen molar-refractivity contribution in [2.45, 2.75) is 39.7 Å². The van der Waals surface area contributed by atoms with E-state index < -0.39 is 0 Å². The molecule has 1 aromatic heterocycles. The van der Waals surface area contributed by atoms with Crippen LogP contribution in [-0.4, -0.2) is 53.0 Å². The van der Waals surface area contributed by atoms with E-state index in [4.69, 9.17) is 0 Å². The van der Waals surface area contributed by atoms with Gasteiger partial charge in [0.1, 0.15) is 0 Å². The minimum atomic E-state index is 0.326. The van der Waals surface area contributed by atoms with Crippen LogP contribution >= 0.6 is 0 Å². The Morgan fingerprint density at radius 2 is 2.05 bits per heavy atom. The molecule has 0 aromatic carbocycles. The smallest absolute Gasteiger partial charge is 0.0639 e. The average molecular weight is 292 g/mol. The molecule has 0 amide bonds. The van der Waals surface area contributed by atoms with E-state index in [2.05, 4.69) is 34.3 Å². The highest BCUT2D eigenvalue weighted by atomic mass is 16.3. The average Bonchev–Trinajstić information content (AvgIpc) is 2.82. The maximum Gasteiger partial charge on any atom is 0.0639 e. The first-order valence-electron chi connectivity index (χ1n) is 8.19. The Labute approximate surface area is 127 Å². The maximum absolute atomic E-state index is 9.69. The number of hydrogen-bond donors (Lipinski definition) is 3. The van der Waals surface area contributed by atoms with Crippen LogP contribution in [0.3, 0.4) is 0 Å². The number of piperidine rings is 2. The van der Waals surface area contributed by atoms with E-state index in [0.717, 1.165) is 38.4 Å². The van der Waals surface area contributed by atoms with Crippen LogP contribution in [0.25, 0.3) is 0 Å². The quantitative estimate of drug-likeness (QED) is 0.783. The van der Waals surface area contributed by atoms with Gasteiger partial charge in [0.25, 0.3) is 0 Å². The van der Waals surface area contributed by atoms with E-state index in [0.29, 0.717) is 17.9 Å². The van der Waals surface area contributed by atoms with Crippen molar-refractivity contribution >= 4 is 0 Å². The Hall–Kier alpha value is -0.910. The van der Waals surface area contributed by atoms with Gasteiger partial charge in [-0.15, -0.1) is 0 Å². The fraction of sp³-hybridized carbons (Fsp3) is 0.812. The lowest BCUT2D eigenvalue weighted by Gasteiger charge is -2.49. The molecule has 3 rings (SSSR count). The summed E-state index contributed by atoms with van der Waals surface area (Å²) in [6, 6.07) is 0. The molecule has 118 valence electrons. The summed E-state index contributed by atoms with van der Waals surface area (Å²) in [6.07, 6.45) is 3.65. The molecule has 5 nitrogen and oxygen atoms in total. The largest absolute Gasteiger partial charge is 0.396 e. The first-order valence-corrected chi connectivity index (χ1v) is 8.19. The van der Waals surface area contributed by atoms with Crippen molar-refractivity contribution in [1.82, 2.24) is 20.4 Å². The van der Waals surface area contributed by atoms with Crippen molar-refractivity contribution in [1.29, 1.82) is 0 Å². The monoisotopic (exact) mass is 292 g/mol. The standard InChI is InChI=1S/C16H28N4O/c1-12-15(13(2)19-18-12)10-20-7-4-16(5-8-20)3-6-17-9-14(16)11-21/h14,17,21H,3-11H2,1-2H3,(H,18,19)/t14-/m0/s1. The van der Waals surface area contributed by atoms with E-state index in [1.54, 1.807) is 0 Å². The molecule has 2 saturated heterocycles. The minimum Gasteiger partial charge on any atom is -0.396 e. The Balaban J connectivity index is 1.62. The highest BCUT2D eigenvalue weighted by Crippen LogP contribution is 2.43. The van der Waals surface area contributed by atoms with Gasteiger partial charge in [0.05, 0.1) is 5.69 Å². The molecule has 2 fully saturated rings. The van der Waals surface area contributed by atoms with Gasteiger partial charge in [0.15, 0.2) is 0 Å². The zero-order chi connectivity index (χ0) is 14.9. The van der Waals surface area contributed by atoms with Crippen LogP contribution < -0.4 is 5.32 Å². The van der Waals surface area contributed by atoms with Crippen LogP contribution in [0.5, 0.6) is 0 Å². The number of aromatic nitrogens is 2. The third-order valence-electron chi connectivity index (χ3n) is 5.79. The Bertz CT molecular complexity index is 457. The van der Waals surface area contributed by atoms with E-state index in [9.17, 15) is 5.11 Å². The van der Waals surface area contributed by atoms with Crippen molar-refractivity contribution in [3.05, 3.63) is 17.0 Å². The second-order valence-corrected chi connectivity index (χ2v) is 6.88. The van der Waals surface area contributed by atoms with E-state index in [1.807, 2.05) is 0 Å². The van der Waals surface area contributed by atoms with Gasteiger partial charge >= 0.3 is 0 Å². The number of aryl methyl sites for hydroxylation is 2. The molecule has 3 N–H and O–H groups in total. The zero-order valence-corrected chi connectivity index (χ0v) is 13.3. The highest BCUT2D eigenvalue weighted by molar-refractivity contribution is 5.23. The molecule has 0 saturated carbocycles. The summed E-state index contributed by atoms with van der Waals surface area (Å²) in [5.74, 6) is 0.436. The van der Waals surface area contributed by atoms with Gasteiger partial charge in [-0.25, -0.2) is 0 Å². The van der Waals surface area contributed by atoms with Crippen LogP contribution in [-0.2, 0) is 6.54 Å². The number of H-pyrrole nitrogens is 1. The lowest BCUT2D eigenvalue weighted by atomic mass is 9.65. The van der Waals surface area contributed by atoms with E-state index in [1.165, 1.54) is 30.5 Å². The fourth-order valence-electron chi connectivity index (χ4n) is 4.14. The van der Waals surface area contributed by atoms with Gasteiger partial charge in [-0.3, -0.25) is 10.00 Å². The van der Waals surface area contributed by atoms with Crippen molar-refractivity contribution in [3.8, 4) is 0 Å². The SMILES string of the molecule is Cc1n[nH]c(C)c1CN1CCC2(CCNC[C@H]2CO)CC1. The third kappa shape index (κ3) is 2.87. The zero-order valence-electron chi connectivity index (χ0n) is 13.3. The number of rotatable bonds is 3. The molecule has 5 heteroatoms. The molecular formula is C16H28N4O. The van der Waals surface area contributed by atoms with Crippen LogP contribution in [0.15, 0.2) is 0 Å². The molecule has 3 heterocycles. The number of nitrogens with one attached hydrogen (secondary N) is 2. The number of aliphatic hydroxyl groups excluding tert-OH is 1. The number of aromatic amines is 1. The molecule has 0 bridgehead atoms. The summed E-state index contributed by atoms with van der Waals surface area (Å²) in [5, 5.41) is 20.5. The molecule has 21 heavy (non-hydrogen) atoms. The molecule has 1 atom stereocenters. The Morgan fingerprint density at radius 3 is 2.67 bits per heavy atom. The van der Waals surface area contributed by atoms with Gasteiger partial charge in [-0.2, -0.15) is 5.10 Å². The highest BCUT2D eigenvalue weighted by Gasteiger charge is 2.42. The summed E-state index contributed by atoms with van der Waals surface area (Å²) in [4.78, 5) is 2.55. The van der Waals surface area contributed by atoms with Gasteiger partial charge in [-0.05, 0) is 58.2 Å². The summed E-state index contributed by atoms with van der Waals surface area (Å²) >= 11 is 0. The van der Waals surface area contributed by atoms with Crippen LogP contribution in [0.4, 0.5) is 0 Å². The Morgan fingerprint density at radius 1 is 1.29 bits per heavy atom. The van der Waals surface area contributed by atoms with Crippen molar-refractivity contribution in [3.63, 3.8) is 0 Å². The molecule has 0 unspecified atom stereocenters. The molecule has 1 spiro atoms. The first kappa shape index (κ1) is 15.0. The number of likely N-dealkylation sites (tertiary alicyclic amines) is 1. The predicted molar refractivity (Wildman–Crippen MR) is 83.1 cm³/mol. The van der Waals surface area contributed by atoms with Crippen molar-refractivity contribution in [2.75, 3.05) is 32.8 Å². The normalized spacial score (nSPS) is 26.3. The van der Waals surface area contributed by atoms with Crippen LogP contribution in [0.1, 0.15) is 36.2 Å². The van der Waals surface area contributed by atoms with Gasteiger partial charge < -0.3 is 10.4 Å². The van der Waals surface area contributed by atoms with Crippen molar-refractivity contribution in [2.24, 2.45) is 11.3 Å². The molecule has 2 aliphatic rings. The van der Waals surface area contributed by atoms with Crippen LogP contribution in [0.2, 0.25) is 0 Å².